The highest BCUT2D eigenvalue weighted by Crippen LogP contribution is 2.20. The fourth-order valence-corrected chi connectivity index (χ4v) is 2.90. The predicted octanol–water partition coefficient (Wildman–Crippen LogP) is 2.89. The van der Waals surface area contributed by atoms with E-state index in [1.54, 1.807) is 24.3 Å². The van der Waals surface area contributed by atoms with Crippen molar-refractivity contribution in [3.05, 3.63) is 29.8 Å². The molecule has 160 valence electrons. The van der Waals surface area contributed by atoms with Crippen LogP contribution in [-0.2, 0) is 4.79 Å². The summed E-state index contributed by atoms with van der Waals surface area (Å²) in [5.74, 6) is -1.08. The first-order valence-electron chi connectivity index (χ1n) is 9.20. The molecular formula is C19H25F3N4O3. The van der Waals surface area contributed by atoms with Gasteiger partial charge in [0.05, 0.1) is 0 Å². The largest absolute Gasteiger partial charge is 0.405 e. The molecule has 10 heteroatoms. The number of nitrogens with one attached hydrogen (secondary N) is 3. The van der Waals surface area contributed by atoms with Gasteiger partial charge in [-0.1, -0.05) is 0 Å². The van der Waals surface area contributed by atoms with E-state index in [0.29, 0.717) is 24.1 Å². The van der Waals surface area contributed by atoms with Gasteiger partial charge >= 0.3 is 12.2 Å². The standard InChI is InChI=1S/C19H25F3N4O3/c1-18(2,3)25-15(27)12-6-8-13(9-7-12)24-17(29)26-10-4-5-14(26)16(28)23-11-19(20,21)22/h6-9,14H,4-5,10-11H2,1-3H3,(H,23,28)(H,24,29)(H,25,27)/t14-/m0/s1. The van der Waals surface area contributed by atoms with Crippen molar-refractivity contribution in [1.82, 2.24) is 15.5 Å². The van der Waals surface area contributed by atoms with Crippen LogP contribution >= 0.6 is 0 Å². The highest BCUT2D eigenvalue weighted by Gasteiger charge is 2.36. The summed E-state index contributed by atoms with van der Waals surface area (Å²) in [6.45, 7) is 4.41. The van der Waals surface area contributed by atoms with Gasteiger partial charge in [-0.15, -0.1) is 0 Å². The minimum atomic E-state index is -4.51. The van der Waals surface area contributed by atoms with E-state index in [2.05, 4.69) is 10.6 Å². The van der Waals surface area contributed by atoms with Crippen molar-refractivity contribution in [2.24, 2.45) is 0 Å². The number of alkyl halides is 3. The van der Waals surface area contributed by atoms with E-state index in [9.17, 15) is 27.6 Å². The summed E-state index contributed by atoms with van der Waals surface area (Å²) in [6, 6.07) is 4.66. The molecule has 3 N–H and O–H groups in total. The Hall–Kier alpha value is -2.78. The van der Waals surface area contributed by atoms with Crippen LogP contribution in [-0.4, -0.2) is 53.6 Å². The fourth-order valence-electron chi connectivity index (χ4n) is 2.90. The Morgan fingerprint density at radius 2 is 1.72 bits per heavy atom. The van der Waals surface area contributed by atoms with Crippen LogP contribution in [0.4, 0.5) is 23.7 Å². The molecule has 29 heavy (non-hydrogen) atoms. The number of halogens is 3. The Kier molecular flexibility index (Phi) is 6.76. The molecule has 1 heterocycles. The smallest absolute Gasteiger partial charge is 0.347 e. The summed E-state index contributed by atoms with van der Waals surface area (Å²) in [5, 5.41) is 7.25. The van der Waals surface area contributed by atoms with E-state index < -0.39 is 30.7 Å². The number of likely N-dealkylation sites (tertiary alicyclic amines) is 1. The third-order valence-electron chi connectivity index (χ3n) is 4.17. The van der Waals surface area contributed by atoms with Gasteiger partial charge in [-0.25, -0.2) is 4.79 Å². The third-order valence-corrected chi connectivity index (χ3v) is 4.17. The lowest BCUT2D eigenvalue weighted by molar-refractivity contribution is -0.140. The molecule has 0 aromatic heterocycles. The molecule has 4 amide bonds. The Bertz CT molecular complexity index is 757. The van der Waals surface area contributed by atoms with Crippen LogP contribution in [0.15, 0.2) is 24.3 Å². The van der Waals surface area contributed by atoms with Gasteiger partial charge in [0.2, 0.25) is 5.91 Å². The van der Waals surface area contributed by atoms with Gasteiger partial charge in [0.15, 0.2) is 0 Å². The molecule has 0 aliphatic carbocycles. The lowest BCUT2D eigenvalue weighted by Crippen LogP contribution is -2.49. The first kappa shape index (κ1) is 22.5. The van der Waals surface area contributed by atoms with Crippen LogP contribution in [0.3, 0.4) is 0 Å². The number of urea groups is 1. The molecule has 2 rings (SSSR count). The molecular weight excluding hydrogens is 389 g/mol. The average molecular weight is 414 g/mol. The van der Waals surface area contributed by atoms with Gasteiger partial charge in [0.1, 0.15) is 12.6 Å². The summed E-state index contributed by atoms with van der Waals surface area (Å²) >= 11 is 0. The van der Waals surface area contributed by atoms with E-state index in [-0.39, 0.29) is 18.0 Å². The third kappa shape index (κ3) is 6.95. The van der Waals surface area contributed by atoms with Crippen LogP contribution in [0.5, 0.6) is 0 Å². The molecule has 1 aliphatic rings. The first-order valence-corrected chi connectivity index (χ1v) is 9.20. The lowest BCUT2D eigenvalue weighted by atomic mass is 10.1. The van der Waals surface area contributed by atoms with E-state index >= 15 is 0 Å². The van der Waals surface area contributed by atoms with Crippen molar-refractivity contribution < 1.29 is 27.6 Å². The summed E-state index contributed by atoms with van der Waals surface area (Å²) < 4.78 is 36.9. The molecule has 1 aromatic carbocycles. The van der Waals surface area contributed by atoms with Crippen LogP contribution in [0.2, 0.25) is 0 Å². The fraction of sp³-hybridized carbons (Fsp3) is 0.526. The zero-order valence-corrected chi connectivity index (χ0v) is 16.5. The molecule has 0 bridgehead atoms. The Morgan fingerprint density at radius 3 is 2.28 bits per heavy atom. The maximum atomic E-state index is 12.5. The summed E-state index contributed by atoms with van der Waals surface area (Å²) in [6.07, 6.45) is -3.70. The molecule has 1 aliphatic heterocycles. The number of amides is 4. The zero-order chi connectivity index (χ0) is 21.8. The van der Waals surface area contributed by atoms with E-state index in [0.717, 1.165) is 0 Å². The zero-order valence-electron chi connectivity index (χ0n) is 16.5. The normalized spacial score (nSPS) is 17.0. The minimum Gasteiger partial charge on any atom is -0.347 e. The van der Waals surface area contributed by atoms with Crippen LogP contribution in [0.25, 0.3) is 0 Å². The number of anilines is 1. The SMILES string of the molecule is CC(C)(C)NC(=O)c1ccc(NC(=O)N2CCC[C@H]2C(=O)NCC(F)(F)F)cc1. The topological polar surface area (TPSA) is 90.5 Å². The molecule has 0 radical (unpaired) electrons. The van der Waals surface area contributed by atoms with Gasteiger partial charge in [0, 0.05) is 23.3 Å². The van der Waals surface area contributed by atoms with E-state index in [1.807, 2.05) is 26.1 Å². The van der Waals surface area contributed by atoms with Crippen LogP contribution < -0.4 is 16.0 Å². The molecule has 0 spiro atoms. The van der Waals surface area contributed by atoms with Crippen molar-refractivity contribution in [3.8, 4) is 0 Å². The monoisotopic (exact) mass is 414 g/mol. The van der Waals surface area contributed by atoms with Gasteiger partial charge in [-0.3, -0.25) is 9.59 Å². The van der Waals surface area contributed by atoms with Crippen LogP contribution in [0, 0.1) is 0 Å². The van der Waals surface area contributed by atoms with Crippen LogP contribution in [0.1, 0.15) is 44.0 Å². The number of rotatable bonds is 4. The maximum Gasteiger partial charge on any atom is 0.405 e. The number of carbonyl (C=O) groups is 3. The first-order chi connectivity index (χ1) is 13.4. The average Bonchev–Trinajstić information content (AvgIpc) is 3.08. The summed E-state index contributed by atoms with van der Waals surface area (Å²) in [7, 11) is 0. The number of nitrogens with zero attached hydrogens (tertiary/aromatic N) is 1. The number of hydrogen-bond acceptors (Lipinski definition) is 3. The van der Waals surface area contributed by atoms with Crippen molar-refractivity contribution in [2.75, 3.05) is 18.4 Å². The molecule has 1 atom stereocenters. The van der Waals surface area contributed by atoms with Gasteiger partial charge in [-0.2, -0.15) is 13.2 Å². The Labute approximate surface area is 167 Å². The summed E-state index contributed by atoms with van der Waals surface area (Å²) in [4.78, 5) is 37.8. The molecule has 1 saturated heterocycles. The molecule has 1 aromatic rings. The van der Waals surface area contributed by atoms with E-state index in [1.165, 1.54) is 4.90 Å². The second-order valence-electron chi connectivity index (χ2n) is 7.90. The Balaban J connectivity index is 1.96. The predicted molar refractivity (Wildman–Crippen MR) is 101 cm³/mol. The molecule has 1 fully saturated rings. The molecule has 0 unspecified atom stereocenters. The number of benzene rings is 1. The van der Waals surface area contributed by atoms with E-state index in [4.69, 9.17) is 0 Å². The number of carbonyl (C=O) groups excluding carboxylic acids is 3. The van der Waals surface area contributed by atoms with Gasteiger partial charge in [0.25, 0.3) is 5.91 Å². The maximum absolute atomic E-state index is 12.5. The second-order valence-corrected chi connectivity index (χ2v) is 7.90. The second kappa shape index (κ2) is 8.71. The van der Waals surface area contributed by atoms with Crippen molar-refractivity contribution >= 4 is 23.5 Å². The highest BCUT2D eigenvalue weighted by atomic mass is 19.4. The van der Waals surface area contributed by atoms with Gasteiger partial charge < -0.3 is 20.9 Å². The number of hydrogen-bond donors (Lipinski definition) is 3. The van der Waals surface area contributed by atoms with Crippen molar-refractivity contribution in [1.29, 1.82) is 0 Å². The highest BCUT2D eigenvalue weighted by molar-refractivity contribution is 5.97. The van der Waals surface area contributed by atoms with Crippen molar-refractivity contribution in [2.45, 2.75) is 51.4 Å². The molecule has 7 nitrogen and oxygen atoms in total. The minimum absolute atomic E-state index is 0.253. The van der Waals surface area contributed by atoms with Crippen molar-refractivity contribution in [3.63, 3.8) is 0 Å². The van der Waals surface area contributed by atoms with Gasteiger partial charge in [-0.05, 0) is 57.9 Å². The quantitative estimate of drug-likeness (QED) is 0.708. The molecule has 0 saturated carbocycles. The summed E-state index contributed by atoms with van der Waals surface area (Å²) in [5.41, 5.74) is 0.439. The Morgan fingerprint density at radius 1 is 1.10 bits per heavy atom. The lowest BCUT2D eigenvalue weighted by Gasteiger charge is -2.24.